The van der Waals surface area contributed by atoms with Gasteiger partial charge >= 0.3 is 5.97 Å². The lowest BCUT2D eigenvalue weighted by Gasteiger charge is -2.42. The first kappa shape index (κ1) is 22.0. The molecule has 3 atom stereocenters. The van der Waals surface area contributed by atoms with Gasteiger partial charge in [-0.1, -0.05) is 35.5 Å². The number of carboxylic acid groups (broad SMARTS) is 1. The largest absolute Gasteiger partial charge is 0.477 e. The zero-order valence-corrected chi connectivity index (χ0v) is 17.9. The van der Waals surface area contributed by atoms with Crippen LogP contribution < -0.4 is 16.1 Å². The fourth-order valence-corrected chi connectivity index (χ4v) is 4.08. The van der Waals surface area contributed by atoms with Gasteiger partial charge in [0, 0.05) is 19.2 Å². The summed E-state index contributed by atoms with van der Waals surface area (Å²) in [5.41, 5.74) is 6.04. The van der Waals surface area contributed by atoms with Crippen LogP contribution in [0.3, 0.4) is 0 Å². The van der Waals surface area contributed by atoms with Crippen LogP contribution in [0.2, 0.25) is 0 Å². The molecule has 176 valence electrons. The average Bonchev–Trinajstić information content (AvgIpc) is 3.53. The van der Waals surface area contributed by atoms with Crippen LogP contribution in [-0.2, 0) is 11.4 Å². The van der Waals surface area contributed by atoms with Crippen molar-refractivity contribution in [3.8, 4) is 0 Å². The van der Waals surface area contributed by atoms with Crippen LogP contribution in [0.25, 0.3) is 11.0 Å². The second-order valence-corrected chi connectivity index (χ2v) is 8.29. The predicted molar refractivity (Wildman–Crippen MR) is 120 cm³/mol. The Kier molecular flexibility index (Phi) is 5.48. The number of anilines is 1. The minimum absolute atomic E-state index is 0.0260. The summed E-state index contributed by atoms with van der Waals surface area (Å²) in [4.78, 5) is 35.4. The number of carbonyl (C=O) groups is 1. The summed E-state index contributed by atoms with van der Waals surface area (Å²) in [6.07, 6.45) is 0.0482. The molecule has 34 heavy (non-hydrogen) atoms. The van der Waals surface area contributed by atoms with Crippen LogP contribution >= 0.6 is 0 Å². The first-order chi connectivity index (χ1) is 16.4. The van der Waals surface area contributed by atoms with Gasteiger partial charge in [-0.25, -0.2) is 18.6 Å². The molecule has 3 heterocycles. The molecule has 1 aliphatic carbocycles. The van der Waals surface area contributed by atoms with Gasteiger partial charge in [-0.2, -0.15) is 0 Å². The van der Waals surface area contributed by atoms with E-state index >= 15 is 4.39 Å². The number of aromatic carboxylic acids is 1. The molecule has 3 aromatic rings. The zero-order chi connectivity index (χ0) is 24.0. The Balaban J connectivity index is 1.46. The Labute approximate surface area is 192 Å². The molecule has 1 saturated carbocycles. The molecule has 11 heteroatoms. The molecule has 2 aliphatic rings. The number of hydrogen-bond acceptors (Lipinski definition) is 7. The highest BCUT2D eigenvalue weighted by Gasteiger charge is 2.42. The van der Waals surface area contributed by atoms with Gasteiger partial charge in [0.15, 0.2) is 11.6 Å². The zero-order valence-electron chi connectivity index (χ0n) is 17.9. The third kappa shape index (κ3) is 3.77. The summed E-state index contributed by atoms with van der Waals surface area (Å²) >= 11 is 0. The maximum absolute atomic E-state index is 15.1. The van der Waals surface area contributed by atoms with Crippen molar-refractivity contribution in [1.82, 2.24) is 9.55 Å². The molecule has 0 radical (unpaired) electrons. The standard InChI is InChI=1S/C23H21F2N5O4/c24-15-7-18(15)29-9-14(23(32)33)20(31)13-6-16(25)22(27-21(13)29)30-10-17(19(30)8-26)28-34-11-12-4-2-1-3-5-12/h1-6,9,15,18-19H,7-8,10-11,26H2,(H,32,33)/b28-17-/t15-,18+,19+/m0/s1. The number of aromatic nitrogens is 2. The van der Waals surface area contributed by atoms with Gasteiger partial charge in [-0.3, -0.25) is 4.79 Å². The van der Waals surface area contributed by atoms with Crippen LogP contribution in [0.1, 0.15) is 28.4 Å². The molecule has 3 N–H and O–H groups in total. The van der Waals surface area contributed by atoms with Crippen LogP contribution in [0.4, 0.5) is 14.6 Å². The molecular formula is C23H21F2N5O4. The number of alkyl halides is 1. The quantitative estimate of drug-likeness (QED) is 0.509. The number of benzene rings is 1. The number of pyridine rings is 2. The Morgan fingerprint density at radius 2 is 2.06 bits per heavy atom. The molecule has 0 unspecified atom stereocenters. The SMILES string of the molecule is NC[C@@H]1/C(=N\OCc2ccccc2)CN1c1nc2c(cc1F)c(=O)c(C(=O)O)cn2[C@@H]1C[C@@H]1F. The maximum Gasteiger partial charge on any atom is 0.341 e. The number of carboxylic acids is 1. The molecule has 1 aliphatic heterocycles. The number of nitrogens with two attached hydrogens (primary N) is 1. The van der Waals surface area contributed by atoms with Crippen LogP contribution in [0.15, 0.2) is 52.5 Å². The lowest BCUT2D eigenvalue weighted by atomic mass is 10.0. The first-order valence-corrected chi connectivity index (χ1v) is 10.7. The summed E-state index contributed by atoms with van der Waals surface area (Å²) in [6.45, 7) is 0.597. The van der Waals surface area contributed by atoms with Crippen molar-refractivity contribution < 1.29 is 23.5 Å². The van der Waals surface area contributed by atoms with E-state index in [9.17, 15) is 19.1 Å². The van der Waals surface area contributed by atoms with Crippen molar-refractivity contribution in [1.29, 1.82) is 0 Å². The van der Waals surface area contributed by atoms with Gasteiger partial charge in [0.1, 0.15) is 29.7 Å². The second kappa shape index (κ2) is 8.49. The van der Waals surface area contributed by atoms with Crippen LogP contribution in [0, 0.1) is 5.82 Å². The van der Waals surface area contributed by atoms with Crippen molar-refractivity contribution in [2.24, 2.45) is 10.9 Å². The summed E-state index contributed by atoms with van der Waals surface area (Å²) in [5.74, 6) is -2.35. The molecule has 9 nitrogen and oxygen atoms in total. The van der Waals surface area contributed by atoms with E-state index < -0.39 is 41.0 Å². The lowest BCUT2D eigenvalue weighted by Crippen LogP contribution is -2.61. The summed E-state index contributed by atoms with van der Waals surface area (Å²) in [5, 5.41) is 13.3. The fourth-order valence-electron chi connectivity index (χ4n) is 4.08. The topological polar surface area (TPSA) is 123 Å². The number of oxime groups is 1. The lowest BCUT2D eigenvalue weighted by molar-refractivity contribution is 0.0694. The number of fused-ring (bicyclic) bond motifs is 1. The molecule has 2 fully saturated rings. The molecule has 0 spiro atoms. The smallest absolute Gasteiger partial charge is 0.341 e. The third-order valence-corrected chi connectivity index (χ3v) is 6.05. The van der Waals surface area contributed by atoms with E-state index in [-0.39, 0.29) is 43.0 Å². The highest BCUT2D eigenvalue weighted by molar-refractivity contribution is 6.03. The monoisotopic (exact) mass is 469 g/mol. The van der Waals surface area contributed by atoms with Crippen molar-refractivity contribution >= 4 is 28.5 Å². The van der Waals surface area contributed by atoms with E-state index in [0.717, 1.165) is 17.8 Å². The van der Waals surface area contributed by atoms with Crippen molar-refractivity contribution in [3.05, 3.63) is 69.8 Å². The molecular weight excluding hydrogens is 448 g/mol. The highest BCUT2D eigenvalue weighted by atomic mass is 19.1. The van der Waals surface area contributed by atoms with Crippen molar-refractivity contribution in [3.63, 3.8) is 0 Å². The Bertz CT molecular complexity index is 1360. The fraction of sp³-hybridized carbons (Fsp3) is 0.304. The molecule has 0 amide bonds. The second-order valence-electron chi connectivity index (χ2n) is 8.29. The Hall–Kier alpha value is -3.86. The molecule has 5 rings (SSSR count). The normalized spacial score (nSPS) is 22.6. The predicted octanol–water partition coefficient (Wildman–Crippen LogP) is 2.24. The minimum Gasteiger partial charge on any atom is -0.477 e. The maximum atomic E-state index is 15.1. The van der Waals surface area contributed by atoms with E-state index in [2.05, 4.69) is 10.1 Å². The van der Waals surface area contributed by atoms with Gasteiger partial charge in [-0.15, -0.1) is 0 Å². The van der Waals surface area contributed by atoms with Gasteiger partial charge in [0.05, 0.1) is 24.0 Å². The third-order valence-electron chi connectivity index (χ3n) is 6.05. The number of nitrogens with zero attached hydrogens (tertiary/aromatic N) is 4. The van der Waals surface area contributed by atoms with Crippen LogP contribution in [-0.4, -0.2) is 51.6 Å². The van der Waals surface area contributed by atoms with Crippen molar-refractivity contribution in [2.45, 2.75) is 31.3 Å². The summed E-state index contributed by atoms with van der Waals surface area (Å²) < 4.78 is 30.2. The average molecular weight is 469 g/mol. The van der Waals surface area contributed by atoms with Crippen LogP contribution in [0.5, 0.6) is 0 Å². The van der Waals surface area contributed by atoms with Gasteiger partial charge in [0.2, 0.25) is 5.43 Å². The Morgan fingerprint density at radius 3 is 2.71 bits per heavy atom. The molecule has 1 aromatic carbocycles. The van der Waals surface area contributed by atoms with E-state index in [1.54, 1.807) is 4.90 Å². The minimum atomic E-state index is -1.47. The molecule has 0 bridgehead atoms. The number of rotatable bonds is 7. The first-order valence-electron chi connectivity index (χ1n) is 10.7. The molecule has 2 aromatic heterocycles. The van der Waals surface area contributed by atoms with E-state index in [4.69, 9.17) is 10.6 Å². The van der Waals surface area contributed by atoms with Gasteiger partial charge in [0.25, 0.3) is 0 Å². The van der Waals surface area contributed by atoms with Crippen molar-refractivity contribution in [2.75, 3.05) is 18.0 Å². The summed E-state index contributed by atoms with van der Waals surface area (Å²) in [7, 11) is 0. The van der Waals surface area contributed by atoms with E-state index in [1.807, 2.05) is 30.3 Å². The Morgan fingerprint density at radius 1 is 1.32 bits per heavy atom. The van der Waals surface area contributed by atoms with Gasteiger partial charge in [-0.05, 0) is 11.6 Å². The van der Waals surface area contributed by atoms with E-state index in [1.165, 1.54) is 4.57 Å². The van der Waals surface area contributed by atoms with E-state index in [0.29, 0.717) is 5.71 Å². The number of hydrogen-bond donors (Lipinski definition) is 2. The molecule has 1 saturated heterocycles. The number of halogens is 2. The van der Waals surface area contributed by atoms with Gasteiger partial charge < -0.3 is 25.1 Å². The summed E-state index contributed by atoms with van der Waals surface area (Å²) in [6, 6.07) is 9.30. The highest BCUT2D eigenvalue weighted by Crippen LogP contribution is 2.40.